The van der Waals surface area contributed by atoms with Crippen LogP contribution in [0.1, 0.15) is 0 Å². The maximum absolute atomic E-state index is 8.90. The number of rotatable bonds is 0. The molecule has 2 rings (SSSR count). The fraction of sp³-hybridized carbons (Fsp3) is 0.333. The minimum absolute atomic E-state index is 0.0556. The Morgan fingerprint density at radius 3 is 2.62 bits per heavy atom. The van der Waals surface area contributed by atoms with Gasteiger partial charge in [0.2, 0.25) is 0 Å². The maximum Gasteiger partial charge on any atom is 0.133 e. The molecule has 42 valence electrons. The summed E-state index contributed by atoms with van der Waals surface area (Å²) in [7, 11) is 0. The molecule has 2 aliphatic rings. The number of hydrogen-bond acceptors (Lipinski definition) is 2. The Hall–Kier alpha value is -0.760. The second kappa shape index (κ2) is 1.14. The van der Waals surface area contributed by atoms with E-state index in [0.29, 0.717) is 5.76 Å². The van der Waals surface area contributed by atoms with Gasteiger partial charge < -0.3 is 9.84 Å². The lowest BCUT2D eigenvalue weighted by molar-refractivity contribution is 0.111. The predicted molar refractivity (Wildman–Crippen MR) is 28.5 cm³/mol. The molecule has 2 aliphatic heterocycles. The molecule has 0 saturated heterocycles. The van der Waals surface area contributed by atoms with E-state index >= 15 is 0 Å². The quantitative estimate of drug-likeness (QED) is 0.466. The number of fused-ring (bicyclic) bond motifs is 2. The van der Waals surface area contributed by atoms with Crippen molar-refractivity contribution in [2.24, 2.45) is 0 Å². The van der Waals surface area contributed by atoms with Gasteiger partial charge in [0.1, 0.15) is 11.9 Å². The van der Waals surface area contributed by atoms with Crippen molar-refractivity contribution in [1.29, 1.82) is 0 Å². The van der Waals surface area contributed by atoms with E-state index in [2.05, 4.69) is 0 Å². The van der Waals surface area contributed by atoms with Gasteiger partial charge in [0.05, 0.1) is 6.10 Å². The van der Waals surface area contributed by atoms with Crippen LogP contribution in [0.25, 0.3) is 0 Å². The Bertz CT molecular complexity index is 169. The summed E-state index contributed by atoms with van der Waals surface area (Å²) in [5.74, 6) is 0.359. The molecular formula is C6H6O2. The highest BCUT2D eigenvalue weighted by molar-refractivity contribution is 5.26. The SMILES string of the molecule is OC1=CC2C=CC1O2. The lowest BCUT2D eigenvalue weighted by Crippen LogP contribution is -2.01. The third-order valence-electron chi connectivity index (χ3n) is 1.41. The Morgan fingerprint density at radius 1 is 1.50 bits per heavy atom. The lowest BCUT2D eigenvalue weighted by atomic mass is 10.2. The molecule has 2 heterocycles. The summed E-state index contributed by atoms with van der Waals surface area (Å²) >= 11 is 0. The molecule has 2 atom stereocenters. The molecule has 0 aliphatic carbocycles. The van der Waals surface area contributed by atoms with E-state index in [1.54, 1.807) is 6.08 Å². The molecule has 2 heteroatoms. The molecule has 0 aromatic heterocycles. The largest absolute Gasteiger partial charge is 0.509 e. The smallest absolute Gasteiger partial charge is 0.133 e. The Labute approximate surface area is 47.1 Å². The predicted octanol–water partition coefficient (Wildman–Crippen LogP) is 0.765. The number of aliphatic hydroxyl groups excluding tert-OH is 1. The summed E-state index contributed by atoms with van der Waals surface area (Å²) in [6.07, 6.45) is 5.44. The highest BCUT2D eigenvalue weighted by atomic mass is 16.5. The first-order valence-corrected chi connectivity index (χ1v) is 2.61. The van der Waals surface area contributed by atoms with Gasteiger partial charge in [0, 0.05) is 0 Å². The van der Waals surface area contributed by atoms with Gasteiger partial charge in [-0.05, 0) is 12.2 Å². The monoisotopic (exact) mass is 110 g/mol. The van der Waals surface area contributed by atoms with Crippen molar-refractivity contribution in [2.45, 2.75) is 12.2 Å². The van der Waals surface area contributed by atoms with Crippen LogP contribution in [0.15, 0.2) is 24.0 Å². The molecule has 0 amide bonds. The first kappa shape index (κ1) is 4.15. The first-order chi connectivity index (χ1) is 3.86. The third-order valence-corrected chi connectivity index (χ3v) is 1.41. The molecule has 0 saturated carbocycles. The summed E-state index contributed by atoms with van der Waals surface area (Å²) in [5, 5.41) is 8.90. The standard InChI is InChI=1S/C6H6O2/c7-5-3-4-1-2-6(5)8-4/h1-4,6-7H. The second-order valence-electron chi connectivity index (χ2n) is 2.00. The molecular weight excluding hydrogens is 104 g/mol. The highest BCUT2D eigenvalue weighted by Crippen LogP contribution is 2.25. The maximum atomic E-state index is 8.90. The first-order valence-electron chi connectivity index (χ1n) is 2.61. The van der Waals surface area contributed by atoms with Gasteiger partial charge in [-0.15, -0.1) is 0 Å². The zero-order chi connectivity index (χ0) is 5.56. The van der Waals surface area contributed by atoms with Crippen molar-refractivity contribution in [3.8, 4) is 0 Å². The van der Waals surface area contributed by atoms with Crippen LogP contribution in [0.3, 0.4) is 0 Å². The number of aliphatic hydroxyl groups is 1. The average Bonchev–Trinajstić information content (AvgIpc) is 2.23. The molecule has 0 fully saturated rings. The fourth-order valence-corrected chi connectivity index (χ4v) is 0.997. The van der Waals surface area contributed by atoms with Crippen LogP contribution < -0.4 is 0 Å². The molecule has 0 aromatic carbocycles. The van der Waals surface area contributed by atoms with E-state index in [0.717, 1.165) is 0 Å². The van der Waals surface area contributed by atoms with Crippen molar-refractivity contribution in [2.75, 3.05) is 0 Å². The van der Waals surface area contributed by atoms with Crippen molar-refractivity contribution in [3.05, 3.63) is 24.0 Å². The molecule has 0 radical (unpaired) electrons. The van der Waals surface area contributed by atoms with E-state index in [4.69, 9.17) is 9.84 Å². The van der Waals surface area contributed by atoms with E-state index in [1.165, 1.54) is 0 Å². The Kier molecular flexibility index (Phi) is 0.594. The molecule has 0 spiro atoms. The zero-order valence-electron chi connectivity index (χ0n) is 4.24. The highest BCUT2D eigenvalue weighted by Gasteiger charge is 2.27. The van der Waals surface area contributed by atoms with Gasteiger partial charge in [-0.1, -0.05) is 6.08 Å². The molecule has 2 nitrogen and oxygen atoms in total. The van der Waals surface area contributed by atoms with Gasteiger partial charge in [-0.3, -0.25) is 0 Å². The van der Waals surface area contributed by atoms with Crippen molar-refractivity contribution >= 4 is 0 Å². The summed E-state index contributed by atoms with van der Waals surface area (Å²) in [6.45, 7) is 0. The van der Waals surface area contributed by atoms with Crippen molar-refractivity contribution in [3.63, 3.8) is 0 Å². The van der Waals surface area contributed by atoms with Crippen LogP contribution in [0.2, 0.25) is 0 Å². The average molecular weight is 110 g/mol. The molecule has 8 heavy (non-hydrogen) atoms. The van der Waals surface area contributed by atoms with E-state index in [1.807, 2.05) is 12.2 Å². The van der Waals surface area contributed by atoms with E-state index < -0.39 is 0 Å². The van der Waals surface area contributed by atoms with Crippen LogP contribution in [-0.2, 0) is 4.74 Å². The van der Waals surface area contributed by atoms with Crippen LogP contribution >= 0.6 is 0 Å². The second-order valence-corrected chi connectivity index (χ2v) is 2.00. The van der Waals surface area contributed by atoms with Gasteiger partial charge in [-0.25, -0.2) is 0 Å². The van der Waals surface area contributed by atoms with E-state index in [-0.39, 0.29) is 12.2 Å². The van der Waals surface area contributed by atoms with Gasteiger partial charge in [-0.2, -0.15) is 0 Å². The summed E-state index contributed by atoms with van der Waals surface area (Å²) in [6, 6.07) is 0. The van der Waals surface area contributed by atoms with Crippen molar-refractivity contribution in [1.82, 2.24) is 0 Å². The van der Waals surface area contributed by atoms with Crippen molar-refractivity contribution < 1.29 is 9.84 Å². The van der Waals surface area contributed by atoms with Gasteiger partial charge in [0.15, 0.2) is 0 Å². The molecule has 0 aromatic rings. The number of hydrogen-bond donors (Lipinski definition) is 1. The molecule has 2 bridgehead atoms. The molecule has 1 N–H and O–H groups in total. The van der Waals surface area contributed by atoms with Gasteiger partial charge >= 0.3 is 0 Å². The Morgan fingerprint density at radius 2 is 2.38 bits per heavy atom. The van der Waals surface area contributed by atoms with Crippen LogP contribution in [0.4, 0.5) is 0 Å². The normalized spacial score (nSPS) is 40.8. The minimum Gasteiger partial charge on any atom is -0.509 e. The third kappa shape index (κ3) is 0.357. The Balaban J connectivity index is 2.36. The lowest BCUT2D eigenvalue weighted by Gasteiger charge is -1.97. The fourth-order valence-electron chi connectivity index (χ4n) is 0.997. The topological polar surface area (TPSA) is 29.5 Å². The van der Waals surface area contributed by atoms with Crippen LogP contribution in [0.5, 0.6) is 0 Å². The summed E-state index contributed by atoms with van der Waals surface area (Å²) < 4.78 is 5.13. The molecule has 2 unspecified atom stereocenters. The van der Waals surface area contributed by atoms with E-state index in [9.17, 15) is 0 Å². The van der Waals surface area contributed by atoms with Crippen LogP contribution in [0, 0.1) is 0 Å². The minimum atomic E-state index is -0.125. The van der Waals surface area contributed by atoms with Gasteiger partial charge in [0.25, 0.3) is 0 Å². The zero-order valence-corrected chi connectivity index (χ0v) is 4.24. The summed E-state index contributed by atoms with van der Waals surface area (Å²) in [5.41, 5.74) is 0. The number of ether oxygens (including phenoxy) is 1. The van der Waals surface area contributed by atoms with Crippen LogP contribution in [-0.4, -0.2) is 17.3 Å². The summed E-state index contributed by atoms with van der Waals surface area (Å²) in [4.78, 5) is 0.